The molecule has 2 heterocycles. The number of hydrogen-bond acceptors (Lipinski definition) is 4. The van der Waals surface area contributed by atoms with Crippen LogP contribution in [-0.4, -0.2) is 63.3 Å². The summed E-state index contributed by atoms with van der Waals surface area (Å²) in [6, 6.07) is 0. The minimum Gasteiger partial charge on any atom is -0.379 e. The molecular formula is C12H23N3O2. The van der Waals surface area contributed by atoms with E-state index in [0.29, 0.717) is 6.42 Å². The third-order valence-corrected chi connectivity index (χ3v) is 3.50. The summed E-state index contributed by atoms with van der Waals surface area (Å²) in [6.45, 7) is 7.50. The molecule has 2 aliphatic heterocycles. The van der Waals surface area contributed by atoms with E-state index in [1.54, 1.807) is 0 Å². The molecule has 5 heteroatoms. The zero-order chi connectivity index (χ0) is 11.9. The molecule has 0 aromatic heterocycles. The Morgan fingerprint density at radius 1 is 1.35 bits per heavy atom. The average molecular weight is 241 g/mol. The van der Waals surface area contributed by atoms with Gasteiger partial charge in [0.25, 0.3) is 0 Å². The van der Waals surface area contributed by atoms with Crippen LogP contribution in [0.5, 0.6) is 0 Å². The van der Waals surface area contributed by atoms with Crippen molar-refractivity contribution in [2.75, 3.05) is 52.5 Å². The Labute approximate surface area is 103 Å². The van der Waals surface area contributed by atoms with Gasteiger partial charge in [0, 0.05) is 32.6 Å². The number of hydrogen-bond donors (Lipinski definition) is 2. The minimum absolute atomic E-state index is 0.199. The summed E-state index contributed by atoms with van der Waals surface area (Å²) in [5.74, 6) is 0.921. The number of nitrogens with zero attached hydrogens (tertiary/aromatic N) is 1. The van der Waals surface area contributed by atoms with E-state index in [2.05, 4.69) is 15.5 Å². The van der Waals surface area contributed by atoms with E-state index in [1.165, 1.54) is 0 Å². The van der Waals surface area contributed by atoms with Gasteiger partial charge in [-0.1, -0.05) is 0 Å². The lowest BCUT2D eigenvalue weighted by atomic mass is 9.97. The van der Waals surface area contributed by atoms with Gasteiger partial charge in [0.15, 0.2) is 0 Å². The van der Waals surface area contributed by atoms with Gasteiger partial charge in [0.2, 0.25) is 5.91 Å². The number of amides is 1. The zero-order valence-corrected chi connectivity index (χ0v) is 10.4. The average Bonchev–Trinajstić information content (AvgIpc) is 2.28. The molecule has 0 aliphatic carbocycles. The molecule has 98 valence electrons. The van der Waals surface area contributed by atoms with E-state index < -0.39 is 0 Å². The van der Waals surface area contributed by atoms with Gasteiger partial charge in [-0.3, -0.25) is 9.69 Å². The number of carbonyl (C=O) groups excluding carboxylic acids is 1. The highest BCUT2D eigenvalue weighted by Crippen LogP contribution is 2.10. The van der Waals surface area contributed by atoms with Gasteiger partial charge >= 0.3 is 0 Å². The van der Waals surface area contributed by atoms with Gasteiger partial charge in [-0.05, 0) is 25.4 Å². The second-order valence-corrected chi connectivity index (χ2v) is 4.87. The lowest BCUT2D eigenvalue weighted by Crippen LogP contribution is -2.43. The Hall–Kier alpha value is -0.650. The zero-order valence-electron chi connectivity index (χ0n) is 10.4. The number of morpholine rings is 1. The van der Waals surface area contributed by atoms with Crippen LogP contribution >= 0.6 is 0 Å². The third-order valence-electron chi connectivity index (χ3n) is 3.50. The molecule has 17 heavy (non-hydrogen) atoms. The number of carbonyl (C=O) groups is 1. The maximum atomic E-state index is 11.6. The van der Waals surface area contributed by atoms with Crippen molar-refractivity contribution in [3.05, 3.63) is 0 Å². The van der Waals surface area contributed by atoms with E-state index in [-0.39, 0.29) is 5.91 Å². The molecule has 2 rings (SSSR count). The number of nitrogens with one attached hydrogen (secondary N) is 2. The molecule has 0 saturated carbocycles. The van der Waals surface area contributed by atoms with Gasteiger partial charge < -0.3 is 15.4 Å². The monoisotopic (exact) mass is 241 g/mol. The highest BCUT2D eigenvalue weighted by Gasteiger charge is 2.17. The maximum absolute atomic E-state index is 11.6. The van der Waals surface area contributed by atoms with Gasteiger partial charge in [-0.15, -0.1) is 0 Å². The Balaban J connectivity index is 1.47. The van der Waals surface area contributed by atoms with Crippen LogP contribution in [0.4, 0.5) is 0 Å². The van der Waals surface area contributed by atoms with Crippen LogP contribution in [0.2, 0.25) is 0 Å². The highest BCUT2D eigenvalue weighted by molar-refractivity contribution is 5.75. The molecule has 1 amide bonds. The SMILES string of the molecule is O=C(CCC1CNC1)NCCN1CCOCC1. The van der Waals surface area contributed by atoms with E-state index in [9.17, 15) is 4.79 Å². The second-order valence-electron chi connectivity index (χ2n) is 4.87. The summed E-state index contributed by atoms with van der Waals surface area (Å²) >= 11 is 0. The fourth-order valence-electron chi connectivity index (χ4n) is 2.15. The fraction of sp³-hybridized carbons (Fsp3) is 0.917. The van der Waals surface area contributed by atoms with Crippen LogP contribution < -0.4 is 10.6 Å². The lowest BCUT2D eigenvalue weighted by Gasteiger charge is -2.27. The van der Waals surface area contributed by atoms with Crippen LogP contribution in [0.15, 0.2) is 0 Å². The Bertz CT molecular complexity index is 238. The predicted octanol–water partition coefficient (Wildman–Crippen LogP) is -0.566. The molecule has 0 unspecified atom stereocenters. The summed E-state index contributed by atoms with van der Waals surface area (Å²) in [5.41, 5.74) is 0. The first kappa shape index (κ1) is 12.8. The normalized spacial score (nSPS) is 22.1. The van der Waals surface area contributed by atoms with Crippen molar-refractivity contribution in [3.8, 4) is 0 Å². The molecule has 2 N–H and O–H groups in total. The van der Waals surface area contributed by atoms with E-state index in [0.717, 1.165) is 64.8 Å². The molecular weight excluding hydrogens is 218 g/mol. The Morgan fingerprint density at radius 2 is 2.12 bits per heavy atom. The number of ether oxygens (including phenoxy) is 1. The quantitative estimate of drug-likeness (QED) is 0.654. The van der Waals surface area contributed by atoms with Crippen molar-refractivity contribution in [1.82, 2.24) is 15.5 Å². The van der Waals surface area contributed by atoms with Crippen molar-refractivity contribution in [1.29, 1.82) is 0 Å². The van der Waals surface area contributed by atoms with Crippen molar-refractivity contribution in [3.63, 3.8) is 0 Å². The Kier molecular flexibility index (Phi) is 5.22. The molecule has 2 saturated heterocycles. The van der Waals surface area contributed by atoms with Gasteiger partial charge in [0.05, 0.1) is 13.2 Å². The predicted molar refractivity (Wildman–Crippen MR) is 65.9 cm³/mol. The summed E-state index contributed by atoms with van der Waals surface area (Å²) in [5, 5.41) is 6.21. The third kappa shape index (κ3) is 4.61. The van der Waals surface area contributed by atoms with Crippen molar-refractivity contribution in [2.24, 2.45) is 5.92 Å². The fourth-order valence-corrected chi connectivity index (χ4v) is 2.15. The van der Waals surface area contributed by atoms with Crippen LogP contribution in [-0.2, 0) is 9.53 Å². The van der Waals surface area contributed by atoms with Crippen molar-refractivity contribution < 1.29 is 9.53 Å². The van der Waals surface area contributed by atoms with Gasteiger partial charge in [-0.2, -0.15) is 0 Å². The van der Waals surface area contributed by atoms with Crippen molar-refractivity contribution >= 4 is 5.91 Å². The van der Waals surface area contributed by atoms with E-state index in [1.807, 2.05) is 0 Å². The molecule has 2 fully saturated rings. The minimum atomic E-state index is 0.199. The summed E-state index contributed by atoms with van der Waals surface area (Å²) < 4.78 is 5.28. The first-order chi connectivity index (χ1) is 8.34. The van der Waals surface area contributed by atoms with Crippen LogP contribution in [0.1, 0.15) is 12.8 Å². The van der Waals surface area contributed by atoms with E-state index in [4.69, 9.17) is 4.74 Å². The molecule has 0 radical (unpaired) electrons. The van der Waals surface area contributed by atoms with Crippen LogP contribution in [0, 0.1) is 5.92 Å². The molecule has 0 aromatic carbocycles. The first-order valence-corrected chi connectivity index (χ1v) is 6.62. The van der Waals surface area contributed by atoms with E-state index >= 15 is 0 Å². The standard InChI is InChI=1S/C12H23N3O2/c16-12(2-1-11-9-13-10-11)14-3-4-15-5-7-17-8-6-15/h11,13H,1-10H2,(H,14,16). The second kappa shape index (κ2) is 6.93. The van der Waals surface area contributed by atoms with Crippen LogP contribution in [0.3, 0.4) is 0 Å². The topological polar surface area (TPSA) is 53.6 Å². The summed E-state index contributed by atoms with van der Waals surface area (Å²) in [7, 11) is 0. The van der Waals surface area contributed by atoms with Crippen molar-refractivity contribution in [2.45, 2.75) is 12.8 Å². The molecule has 0 bridgehead atoms. The van der Waals surface area contributed by atoms with Gasteiger partial charge in [0.1, 0.15) is 0 Å². The van der Waals surface area contributed by atoms with Gasteiger partial charge in [-0.25, -0.2) is 0 Å². The number of rotatable bonds is 6. The highest BCUT2D eigenvalue weighted by atomic mass is 16.5. The molecule has 0 spiro atoms. The lowest BCUT2D eigenvalue weighted by molar-refractivity contribution is -0.121. The molecule has 0 atom stereocenters. The molecule has 0 aromatic rings. The van der Waals surface area contributed by atoms with Crippen LogP contribution in [0.25, 0.3) is 0 Å². The summed E-state index contributed by atoms with van der Waals surface area (Å²) in [4.78, 5) is 13.9. The first-order valence-electron chi connectivity index (χ1n) is 6.62. The molecule has 5 nitrogen and oxygen atoms in total. The summed E-state index contributed by atoms with van der Waals surface area (Å²) in [6.07, 6.45) is 1.70. The Morgan fingerprint density at radius 3 is 2.76 bits per heavy atom. The smallest absolute Gasteiger partial charge is 0.220 e. The maximum Gasteiger partial charge on any atom is 0.220 e. The largest absolute Gasteiger partial charge is 0.379 e. The molecule has 2 aliphatic rings.